The maximum atomic E-state index is 12.8. The second-order valence-electron chi connectivity index (χ2n) is 7.49. The van der Waals surface area contributed by atoms with Gasteiger partial charge in [0.05, 0.1) is 5.56 Å². The summed E-state index contributed by atoms with van der Waals surface area (Å²) in [4.78, 5) is 33.4. The van der Waals surface area contributed by atoms with E-state index in [1.807, 2.05) is 60.4 Å². The summed E-state index contributed by atoms with van der Waals surface area (Å²) in [5, 5.41) is 2.89. The molecule has 3 aromatic rings. The Kier molecular flexibility index (Phi) is 6.32. The SMILES string of the molecule is Cc1ccccc1C(=O)N1CCN(c2ccc(NC(=O)c3cncc(Br)c3)cc2)CC1. The van der Waals surface area contributed by atoms with Crippen LogP contribution in [0.4, 0.5) is 11.4 Å². The van der Waals surface area contributed by atoms with Gasteiger partial charge in [0.25, 0.3) is 11.8 Å². The number of hydrogen-bond donors (Lipinski definition) is 1. The molecule has 7 heteroatoms. The van der Waals surface area contributed by atoms with Gasteiger partial charge in [-0.05, 0) is 64.8 Å². The van der Waals surface area contributed by atoms with E-state index >= 15 is 0 Å². The Hall–Kier alpha value is -3.19. The number of anilines is 2. The van der Waals surface area contributed by atoms with Gasteiger partial charge >= 0.3 is 0 Å². The standard InChI is InChI=1S/C24H23BrN4O2/c1-17-4-2-3-5-22(17)24(31)29-12-10-28(11-13-29)21-8-6-20(7-9-21)27-23(30)18-14-19(25)16-26-15-18/h2-9,14-16H,10-13H2,1H3,(H,27,30). The van der Waals surface area contributed by atoms with Gasteiger partial charge in [-0.15, -0.1) is 0 Å². The van der Waals surface area contributed by atoms with E-state index in [2.05, 4.69) is 31.1 Å². The first-order chi connectivity index (χ1) is 15.0. The highest BCUT2D eigenvalue weighted by atomic mass is 79.9. The highest BCUT2D eigenvalue weighted by Crippen LogP contribution is 2.21. The lowest BCUT2D eigenvalue weighted by molar-refractivity contribution is 0.0746. The average Bonchev–Trinajstić information content (AvgIpc) is 2.79. The molecule has 0 bridgehead atoms. The number of nitrogens with zero attached hydrogens (tertiary/aromatic N) is 3. The zero-order valence-corrected chi connectivity index (χ0v) is 18.8. The lowest BCUT2D eigenvalue weighted by Gasteiger charge is -2.36. The van der Waals surface area contributed by atoms with E-state index in [9.17, 15) is 9.59 Å². The summed E-state index contributed by atoms with van der Waals surface area (Å²) in [5.74, 6) is -0.109. The molecule has 2 aromatic carbocycles. The average molecular weight is 479 g/mol. The smallest absolute Gasteiger partial charge is 0.257 e. The Morgan fingerprint density at radius 3 is 2.35 bits per heavy atom. The van der Waals surface area contributed by atoms with Gasteiger partial charge in [-0.1, -0.05) is 18.2 Å². The Morgan fingerprint density at radius 2 is 1.68 bits per heavy atom. The van der Waals surface area contributed by atoms with Crippen LogP contribution in [-0.2, 0) is 0 Å². The zero-order chi connectivity index (χ0) is 21.8. The molecule has 1 aromatic heterocycles. The van der Waals surface area contributed by atoms with Crippen LogP contribution in [0.1, 0.15) is 26.3 Å². The van der Waals surface area contributed by atoms with Crippen molar-refractivity contribution in [3.8, 4) is 0 Å². The Balaban J connectivity index is 1.35. The van der Waals surface area contributed by atoms with Crippen LogP contribution in [0.15, 0.2) is 71.5 Å². The van der Waals surface area contributed by atoms with Crippen molar-refractivity contribution in [2.75, 3.05) is 36.4 Å². The molecule has 0 radical (unpaired) electrons. The Labute approximate surface area is 190 Å². The number of nitrogens with one attached hydrogen (secondary N) is 1. The number of amides is 2. The molecule has 0 unspecified atom stereocenters. The van der Waals surface area contributed by atoms with E-state index in [0.29, 0.717) is 18.7 Å². The Bertz CT molecular complexity index is 1090. The molecule has 0 spiro atoms. The van der Waals surface area contributed by atoms with Gasteiger partial charge < -0.3 is 15.1 Å². The minimum absolute atomic E-state index is 0.0952. The predicted molar refractivity (Wildman–Crippen MR) is 126 cm³/mol. The molecule has 31 heavy (non-hydrogen) atoms. The van der Waals surface area contributed by atoms with E-state index in [0.717, 1.165) is 40.1 Å². The molecule has 1 fully saturated rings. The quantitative estimate of drug-likeness (QED) is 0.604. The van der Waals surface area contributed by atoms with Crippen molar-refractivity contribution in [2.45, 2.75) is 6.92 Å². The number of halogens is 1. The van der Waals surface area contributed by atoms with Crippen LogP contribution >= 0.6 is 15.9 Å². The van der Waals surface area contributed by atoms with Gasteiger partial charge in [-0.25, -0.2) is 0 Å². The molecule has 0 aliphatic carbocycles. The zero-order valence-electron chi connectivity index (χ0n) is 17.2. The highest BCUT2D eigenvalue weighted by molar-refractivity contribution is 9.10. The number of aryl methyl sites for hydroxylation is 1. The second kappa shape index (κ2) is 9.31. The van der Waals surface area contributed by atoms with Crippen molar-refractivity contribution in [1.82, 2.24) is 9.88 Å². The molecule has 158 valence electrons. The van der Waals surface area contributed by atoms with E-state index in [-0.39, 0.29) is 11.8 Å². The molecule has 0 saturated carbocycles. The molecule has 4 rings (SSSR count). The van der Waals surface area contributed by atoms with Gasteiger partial charge in [0, 0.05) is 60.0 Å². The molecule has 1 aliphatic rings. The number of aromatic nitrogens is 1. The van der Waals surface area contributed by atoms with Gasteiger partial charge in [-0.3, -0.25) is 14.6 Å². The molecule has 1 aliphatic heterocycles. The van der Waals surface area contributed by atoms with E-state index in [1.165, 1.54) is 6.20 Å². The van der Waals surface area contributed by atoms with E-state index in [1.54, 1.807) is 12.3 Å². The number of pyridine rings is 1. The third-order valence-electron chi connectivity index (χ3n) is 5.40. The summed E-state index contributed by atoms with van der Waals surface area (Å²) in [5.41, 5.74) is 4.07. The fourth-order valence-electron chi connectivity index (χ4n) is 3.65. The number of hydrogen-bond acceptors (Lipinski definition) is 4. The molecular formula is C24H23BrN4O2. The summed E-state index contributed by atoms with van der Waals surface area (Å²) in [6, 6.07) is 17.2. The molecule has 2 heterocycles. The number of carbonyl (C=O) groups excluding carboxylic acids is 2. The van der Waals surface area contributed by atoms with Crippen LogP contribution in [0, 0.1) is 6.92 Å². The first-order valence-corrected chi connectivity index (χ1v) is 10.9. The fourth-order valence-corrected chi connectivity index (χ4v) is 4.01. The summed E-state index contributed by atoms with van der Waals surface area (Å²) in [7, 11) is 0. The predicted octanol–water partition coefficient (Wildman–Crippen LogP) is 4.37. The first kappa shape index (κ1) is 21.1. The van der Waals surface area contributed by atoms with Crippen molar-refractivity contribution < 1.29 is 9.59 Å². The molecular weight excluding hydrogens is 456 g/mol. The third-order valence-corrected chi connectivity index (χ3v) is 5.83. The van der Waals surface area contributed by atoms with Gasteiger partial charge in [-0.2, -0.15) is 0 Å². The number of rotatable bonds is 4. The lowest BCUT2D eigenvalue weighted by Crippen LogP contribution is -2.48. The molecule has 1 saturated heterocycles. The van der Waals surface area contributed by atoms with E-state index in [4.69, 9.17) is 0 Å². The van der Waals surface area contributed by atoms with Crippen molar-refractivity contribution >= 4 is 39.1 Å². The van der Waals surface area contributed by atoms with Gasteiger partial charge in [0.2, 0.25) is 0 Å². The van der Waals surface area contributed by atoms with Crippen LogP contribution in [0.3, 0.4) is 0 Å². The van der Waals surface area contributed by atoms with Crippen LogP contribution in [-0.4, -0.2) is 47.9 Å². The molecule has 0 atom stereocenters. The summed E-state index contributed by atoms with van der Waals surface area (Å²) in [6.45, 7) is 4.88. The van der Waals surface area contributed by atoms with Crippen LogP contribution in [0.5, 0.6) is 0 Å². The summed E-state index contributed by atoms with van der Waals surface area (Å²) >= 11 is 3.33. The monoisotopic (exact) mass is 478 g/mol. The third kappa shape index (κ3) is 4.94. The minimum atomic E-state index is -0.204. The van der Waals surface area contributed by atoms with E-state index < -0.39 is 0 Å². The molecule has 6 nitrogen and oxygen atoms in total. The lowest BCUT2D eigenvalue weighted by atomic mass is 10.1. The van der Waals surface area contributed by atoms with Crippen LogP contribution < -0.4 is 10.2 Å². The van der Waals surface area contributed by atoms with Crippen molar-refractivity contribution in [1.29, 1.82) is 0 Å². The molecule has 1 N–H and O–H groups in total. The topological polar surface area (TPSA) is 65.5 Å². The summed E-state index contributed by atoms with van der Waals surface area (Å²) in [6.07, 6.45) is 3.17. The first-order valence-electron chi connectivity index (χ1n) is 10.1. The van der Waals surface area contributed by atoms with Crippen molar-refractivity contribution in [2.24, 2.45) is 0 Å². The van der Waals surface area contributed by atoms with Gasteiger partial charge in [0.15, 0.2) is 0 Å². The van der Waals surface area contributed by atoms with Crippen molar-refractivity contribution in [3.05, 3.63) is 88.2 Å². The second-order valence-corrected chi connectivity index (χ2v) is 8.40. The number of piperazine rings is 1. The largest absolute Gasteiger partial charge is 0.368 e. The van der Waals surface area contributed by atoms with Crippen LogP contribution in [0.25, 0.3) is 0 Å². The van der Waals surface area contributed by atoms with Gasteiger partial charge in [0.1, 0.15) is 0 Å². The Morgan fingerprint density at radius 1 is 0.968 bits per heavy atom. The van der Waals surface area contributed by atoms with Crippen LogP contribution in [0.2, 0.25) is 0 Å². The fraction of sp³-hybridized carbons (Fsp3) is 0.208. The normalized spacial score (nSPS) is 13.7. The minimum Gasteiger partial charge on any atom is -0.368 e. The maximum absolute atomic E-state index is 12.8. The molecule has 2 amide bonds. The van der Waals surface area contributed by atoms with Crippen molar-refractivity contribution in [3.63, 3.8) is 0 Å². The maximum Gasteiger partial charge on any atom is 0.257 e. The number of carbonyl (C=O) groups is 2. The number of benzene rings is 2. The summed E-state index contributed by atoms with van der Waals surface area (Å²) < 4.78 is 0.760. The highest BCUT2D eigenvalue weighted by Gasteiger charge is 2.23.